The quantitative estimate of drug-likeness (QED) is 0.683. The molecule has 1 aliphatic heterocycles. The molecule has 21 heavy (non-hydrogen) atoms. The number of nitrogens with zero attached hydrogens (tertiary/aromatic N) is 3. The van der Waals surface area contributed by atoms with E-state index in [2.05, 4.69) is 21.5 Å². The molecule has 0 atom stereocenters. The van der Waals surface area contributed by atoms with Gasteiger partial charge in [0.2, 0.25) is 0 Å². The molecule has 0 saturated carbocycles. The maximum Gasteiger partial charge on any atom is 0.123 e. The predicted molar refractivity (Wildman–Crippen MR) is 81.1 cm³/mol. The van der Waals surface area contributed by atoms with Crippen LogP contribution in [0, 0.1) is 5.82 Å². The van der Waals surface area contributed by atoms with Gasteiger partial charge in [-0.1, -0.05) is 0 Å². The summed E-state index contributed by atoms with van der Waals surface area (Å²) in [6.45, 7) is 1.88. The standard InChI is InChI=1S/C17H16FN3/c1-20-8-6-17-15(11-20)14-9-12(18)4-5-16(14)21(17)13-3-2-7-19-10-13/h2-5,7,9-10H,6,8,11H2,1H3. The second-order valence-corrected chi connectivity index (χ2v) is 5.62. The summed E-state index contributed by atoms with van der Waals surface area (Å²) >= 11 is 0. The third-order valence-corrected chi connectivity index (χ3v) is 4.21. The third-order valence-electron chi connectivity index (χ3n) is 4.21. The smallest absolute Gasteiger partial charge is 0.123 e. The third kappa shape index (κ3) is 1.94. The summed E-state index contributed by atoms with van der Waals surface area (Å²) in [4.78, 5) is 6.50. The Hall–Kier alpha value is -2.20. The van der Waals surface area contributed by atoms with E-state index in [0.717, 1.165) is 36.1 Å². The van der Waals surface area contributed by atoms with Gasteiger partial charge in [-0.25, -0.2) is 4.39 Å². The van der Waals surface area contributed by atoms with Gasteiger partial charge in [0.25, 0.3) is 0 Å². The number of pyridine rings is 1. The molecule has 0 N–H and O–H groups in total. The molecule has 0 fully saturated rings. The molecule has 0 aliphatic carbocycles. The average molecular weight is 281 g/mol. The van der Waals surface area contributed by atoms with Crippen molar-refractivity contribution in [1.29, 1.82) is 0 Å². The minimum Gasteiger partial charge on any atom is -0.312 e. The van der Waals surface area contributed by atoms with Gasteiger partial charge in [-0.3, -0.25) is 4.98 Å². The highest BCUT2D eigenvalue weighted by atomic mass is 19.1. The lowest BCUT2D eigenvalue weighted by atomic mass is 10.0. The minimum atomic E-state index is -0.179. The molecule has 3 heterocycles. The number of fused-ring (bicyclic) bond motifs is 3. The molecule has 3 aromatic rings. The highest BCUT2D eigenvalue weighted by Gasteiger charge is 2.23. The first-order valence-corrected chi connectivity index (χ1v) is 7.15. The van der Waals surface area contributed by atoms with Crippen molar-refractivity contribution in [2.24, 2.45) is 0 Å². The van der Waals surface area contributed by atoms with E-state index in [1.165, 1.54) is 17.3 Å². The Kier molecular flexibility index (Phi) is 2.79. The molecule has 1 aliphatic rings. The SMILES string of the molecule is CN1CCc2c(c3cc(F)ccc3n2-c2cccnc2)C1. The van der Waals surface area contributed by atoms with E-state index >= 15 is 0 Å². The van der Waals surface area contributed by atoms with Crippen LogP contribution in [-0.2, 0) is 13.0 Å². The van der Waals surface area contributed by atoms with Crippen molar-refractivity contribution in [1.82, 2.24) is 14.5 Å². The van der Waals surface area contributed by atoms with E-state index in [1.807, 2.05) is 24.4 Å². The average Bonchev–Trinajstić information content (AvgIpc) is 2.81. The van der Waals surface area contributed by atoms with Gasteiger partial charge in [-0.05, 0) is 42.9 Å². The van der Waals surface area contributed by atoms with Crippen molar-refractivity contribution in [3.8, 4) is 5.69 Å². The lowest BCUT2D eigenvalue weighted by Crippen LogP contribution is -2.27. The summed E-state index contributed by atoms with van der Waals surface area (Å²) < 4.78 is 15.9. The van der Waals surface area contributed by atoms with Crippen LogP contribution in [0.3, 0.4) is 0 Å². The van der Waals surface area contributed by atoms with Gasteiger partial charge in [0.15, 0.2) is 0 Å². The van der Waals surface area contributed by atoms with Crippen molar-refractivity contribution in [3.63, 3.8) is 0 Å². The summed E-state index contributed by atoms with van der Waals surface area (Å²) in [7, 11) is 2.11. The van der Waals surface area contributed by atoms with Crippen LogP contribution in [0.5, 0.6) is 0 Å². The predicted octanol–water partition coefficient (Wildman–Crippen LogP) is 3.15. The van der Waals surface area contributed by atoms with E-state index in [1.54, 1.807) is 12.3 Å². The number of rotatable bonds is 1. The summed E-state index contributed by atoms with van der Waals surface area (Å²) in [6, 6.07) is 9.04. The Morgan fingerprint density at radius 2 is 2.14 bits per heavy atom. The lowest BCUT2D eigenvalue weighted by Gasteiger charge is -2.24. The Balaban J connectivity index is 2.06. The fraction of sp³-hybridized carbons (Fsp3) is 0.235. The highest BCUT2D eigenvalue weighted by molar-refractivity contribution is 5.87. The van der Waals surface area contributed by atoms with Crippen LogP contribution < -0.4 is 0 Å². The molecule has 1 aromatic carbocycles. The van der Waals surface area contributed by atoms with Crippen molar-refractivity contribution >= 4 is 10.9 Å². The van der Waals surface area contributed by atoms with Crippen LogP contribution in [0.4, 0.5) is 4.39 Å². The largest absolute Gasteiger partial charge is 0.312 e. The summed E-state index contributed by atoms with van der Waals surface area (Å²) in [5.74, 6) is -0.179. The number of hydrogen-bond donors (Lipinski definition) is 0. The summed E-state index contributed by atoms with van der Waals surface area (Å²) in [5.41, 5.74) is 4.62. The first-order valence-electron chi connectivity index (χ1n) is 7.15. The molecular formula is C17H16FN3. The Morgan fingerprint density at radius 3 is 2.95 bits per heavy atom. The van der Waals surface area contributed by atoms with Crippen molar-refractivity contribution in [2.75, 3.05) is 13.6 Å². The molecule has 3 nitrogen and oxygen atoms in total. The van der Waals surface area contributed by atoms with Gasteiger partial charge >= 0.3 is 0 Å². The van der Waals surface area contributed by atoms with E-state index in [0.29, 0.717) is 0 Å². The molecule has 106 valence electrons. The number of benzene rings is 1. The maximum absolute atomic E-state index is 13.7. The molecule has 0 spiro atoms. The molecule has 0 bridgehead atoms. The van der Waals surface area contributed by atoms with Gasteiger partial charge in [-0.15, -0.1) is 0 Å². The molecule has 4 rings (SSSR count). The summed E-state index contributed by atoms with van der Waals surface area (Å²) in [6.07, 6.45) is 4.60. The van der Waals surface area contributed by atoms with Crippen molar-refractivity contribution in [3.05, 3.63) is 59.8 Å². The zero-order valence-corrected chi connectivity index (χ0v) is 11.9. The molecule has 2 aromatic heterocycles. The lowest BCUT2D eigenvalue weighted by molar-refractivity contribution is 0.311. The van der Waals surface area contributed by atoms with Crippen LogP contribution in [0.25, 0.3) is 16.6 Å². The van der Waals surface area contributed by atoms with Gasteiger partial charge in [-0.2, -0.15) is 0 Å². The second kappa shape index (κ2) is 4.67. The van der Waals surface area contributed by atoms with Crippen LogP contribution in [0.1, 0.15) is 11.3 Å². The van der Waals surface area contributed by atoms with Crippen molar-refractivity contribution < 1.29 is 4.39 Å². The minimum absolute atomic E-state index is 0.179. The van der Waals surface area contributed by atoms with E-state index in [4.69, 9.17) is 0 Å². The van der Waals surface area contributed by atoms with Crippen LogP contribution in [-0.4, -0.2) is 28.0 Å². The van der Waals surface area contributed by atoms with E-state index < -0.39 is 0 Å². The fourth-order valence-electron chi connectivity index (χ4n) is 3.25. The van der Waals surface area contributed by atoms with E-state index in [9.17, 15) is 4.39 Å². The molecule has 0 unspecified atom stereocenters. The normalized spacial score (nSPS) is 15.3. The molecule has 0 radical (unpaired) electrons. The van der Waals surface area contributed by atoms with Gasteiger partial charge in [0.05, 0.1) is 17.4 Å². The number of aromatic nitrogens is 2. The second-order valence-electron chi connectivity index (χ2n) is 5.62. The van der Waals surface area contributed by atoms with Crippen LogP contribution in [0.15, 0.2) is 42.7 Å². The Labute approximate surface area is 122 Å². The molecular weight excluding hydrogens is 265 g/mol. The number of hydrogen-bond acceptors (Lipinski definition) is 2. The topological polar surface area (TPSA) is 21.1 Å². The van der Waals surface area contributed by atoms with Crippen molar-refractivity contribution in [2.45, 2.75) is 13.0 Å². The highest BCUT2D eigenvalue weighted by Crippen LogP contribution is 2.33. The van der Waals surface area contributed by atoms with E-state index in [-0.39, 0.29) is 5.82 Å². The first-order chi connectivity index (χ1) is 10.2. The number of halogens is 1. The monoisotopic (exact) mass is 281 g/mol. The first kappa shape index (κ1) is 12.5. The Morgan fingerprint density at radius 1 is 1.24 bits per heavy atom. The van der Waals surface area contributed by atoms with Crippen LogP contribution >= 0.6 is 0 Å². The molecule has 0 saturated heterocycles. The van der Waals surface area contributed by atoms with Gasteiger partial charge < -0.3 is 9.47 Å². The van der Waals surface area contributed by atoms with Gasteiger partial charge in [0.1, 0.15) is 5.82 Å². The number of likely N-dealkylation sites (N-methyl/N-ethyl adjacent to an activating group) is 1. The zero-order chi connectivity index (χ0) is 14.4. The van der Waals surface area contributed by atoms with Crippen LogP contribution in [0.2, 0.25) is 0 Å². The maximum atomic E-state index is 13.7. The van der Waals surface area contributed by atoms with Gasteiger partial charge in [0, 0.05) is 36.8 Å². The molecule has 0 amide bonds. The Bertz CT molecular complexity index is 808. The molecule has 4 heteroatoms. The summed E-state index contributed by atoms with van der Waals surface area (Å²) in [5, 5.41) is 1.01. The zero-order valence-electron chi connectivity index (χ0n) is 11.9. The fourth-order valence-corrected chi connectivity index (χ4v) is 3.25.